The van der Waals surface area contributed by atoms with Gasteiger partial charge in [-0.25, -0.2) is 4.79 Å². The number of para-hydroxylation sites is 1. The van der Waals surface area contributed by atoms with Crippen molar-refractivity contribution in [2.75, 3.05) is 20.8 Å². The number of benzene rings is 3. The summed E-state index contributed by atoms with van der Waals surface area (Å²) in [6.07, 6.45) is 3.19. The Morgan fingerprint density at radius 3 is 2.49 bits per heavy atom. The summed E-state index contributed by atoms with van der Waals surface area (Å²) in [5.41, 5.74) is 1.88. The molecule has 4 rings (SSSR count). The van der Waals surface area contributed by atoms with Crippen LogP contribution in [0.2, 0.25) is 0 Å². The van der Waals surface area contributed by atoms with Gasteiger partial charge in [0, 0.05) is 12.2 Å². The van der Waals surface area contributed by atoms with Crippen LogP contribution in [0.25, 0.3) is 0 Å². The fourth-order valence-corrected chi connectivity index (χ4v) is 4.05. The van der Waals surface area contributed by atoms with Crippen molar-refractivity contribution in [3.63, 3.8) is 0 Å². The standard InChI is InChI=1S/C29H30O8/c1-32-28-21(17-30)14-15-23(26(28)29(31)33-2)37-27-22(19-36-25-13-6-7-16-34-25)11-8-12-24(27)35-18-20-9-4-3-5-10-20/h3-5,8-12,14-15,17,25H,6-7,13,16,18-19H2,1-2H3. The SMILES string of the molecule is COC(=O)c1c(Oc2c(COC3CCCCO3)cccc2OCc2ccccc2)ccc(C=O)c1OC. The molecule has 8 heteroatoms. The number of hydrogen-bond donors (Lipinski definition) is 0. The molecule has 8 nitrogen and oxygen atoms in total. The van der Waals surface area contributed by atoms with Gasteiger partial charge in [-0.2, -0.15) is 0 Å². The van der Waals surface area contributed by atoms with Gasteiger partial charge in [0.05, 0.1) is 26.4 Å². The fraction of sp³-hybridized carbons (Fsp3) is 0.310. The molecule has 1 heterocycles. The first-order valence-electron chi connectivity index (χ1n) is 12.1. The van der Waals surface area contributed by atoms with Gasteiger partial charge in [0.15, 0.2) is 24.1 Å². The molecular formula is C29H30O8. The third-order valence-corrected chi connectivity index (χ3v) is 5.94. The first-order valence-corrected chi connectivity index (χ1v) is 12.1. The van der Waals surface area contributed by atoms with E-state index in [2.05, 4.69) is 0 Å². The summed E-state index contributed by atoms with van der Waals surface area (Å²) in [5.74, 6) is 0.353. The largest absolute Gasteiger partial charge is 0.495 e. The van der Waals surface area contributed by atoms with E-state index in [-0.39, 0.29) is 35.5 Å². The zero-order valence-corrected chi connectivity index (χ0v) is 20.9. The Morgan fingerprint density at radius 1 is 0.946 bits per heavy atom. The Balaban J connectivity index is 1.70. The van der Waals surface area contributed by atoms with Crippen LogP contribution in [-0.2, 0) is 27.4 Å². The molecule has 1 fully saturated rings. The maximum atomic E-state index is 12.7. The Bertz CT molecular complexity index is 1200. The van der Waals surface area contributed by atoms with Gasteiger partial charge in [-0.3, -0.25) is 4.79 Å². The molecule has 37 heavy (non-hydrogen) atoms. The minimum absolute atomic E-state index is 0.00468. The molecule has 0 radical (unpaired) electrons. The number of rotatable bonds is 11. The third kappa shape index (κ3) is 6.47. The highest BCUT2D eigenvalue weighted by atomic mass is 16.7. The van der Waals surface area contributed by atoms with Crippen molar-refractivity contribution in [1.82, 2.24) is 0 Å². The van der Waals surface area contributed by atoms with Crippen LogP contribution in [0.15, 0.2) is 60.7 Å². The lowest BCUT2D eigenvalue weighted by Gasteiger charge is -2.24. The molecule has 0 saturated carbocycles. The van der Waals surface area contributed by atoms with Crippen LogP contribution in [0.5, 0.6) is 23.0 Å². The summed E-state index contributed by atoms with van der Waals surface area (Å²) in [4.78, 5) is 24.3. The maximum absolute atomic E-state index is 12.7. The smallest absolute Gasteiger partial charge is 0.345 e. The zero-order chi connectivity index (χ0) is 26.0. The second-order valence-corrected chi connectivity index (χ2v) is 8.40. The summed E-state index contributed by atoms with van der Waals surface area (Å²) in [7, 11) is 2.62. The molecule has 0 aromatic heterocycles. The van der Waals surface area contributed by atoms with Crippen molar-refractivity contribution in [3.05, 3.63) is 82.9 Å². The van der Waals surface area contributed by atoms with Gasteiger partial charge in [-0.05, 0) is 43.0 Å². The number of ether oxygens (including phenoxy) is 6. The summed E-state index contributed by atoms with van der Waals surface area (Å²) in [5, 5.41) is 0. The summed E-state index contributed by atoms with van der Waals surface area (Å²) >= 11 is 0. The van der Waals surface area contributed by atoms with Crippen molar-refractivity contribution in [1.29, 1.82) is 0 Å². The number of hydrogen-bond acceptors (Lipinski definition) is 8. The highest BCUT2D eigenvalue weighted by molar-refractivity contribution is 5.99. The van der Waals surface area contributed by atoms with Gasteiger partial charge < -0.3 is 28.4 Å². The maximum Gasteiger partial charge on any atom is 0.345 e. The molecule has 194 valence electrons. The van der Waals surface area contributed by atoms with Crippen LogP contribution >= 0.6 is 0 Å². The molecule has 1 unspecified atom stereocenters. The predicted octanol–water partition coefficient (Wildman–Crippen LogP) is 5.71. The number of esters is 1. The van der Waals surface area contributed by atoms with E-state index in [1.165, 1.54) is 26.4 Å². The molecular weight excluding hydrogens is 476 g/mol. The molecule has 0 bridgehead atoms. The predicted molar refractivity (Wildman–Crippen MR) is 135 cm³/mol. The lowest BCUT2D eigenvalue weighted by atomic mass is 10.1. The van der Waals surface area contributed by atoms with Gasteiger partial charge in [-0.1, -0.05) is 42.5 Å². The van der Waals surface area contributed by atoms with E-state index in [0.29, 0.717) is 36.6 Å². The van der Waals surface area contributed by atoms with Gasteiger partial charge in [0.2, 0.25) is 0 Å². The molecule has 0 N–H and O–H groups in total. The molecule has 3 aromatic rings. The topological polar surface area (TPSA) is 89.5 Å². The number of methoxy groups -OCH3 is 2. The monoisotopic (exact) mass is 506 g/mol. The summed E-state index contributed by atoms with van der Waals surface area (Å²) in [6.45, 7) is 1.18. The Labute approximate surface area is 216 Å². The highest BCUT2D eigenvalue weighted by Gasteiger charge is 2.25. The van der Waals surface area contributed by atoms with E-state index in [4.69, 9.17) is 28.4 Å². The molecule has 1 aliphatic heterocycles. The zero-order valence-electron chi connectivity index (χ0n) is 20.9. The van der Waals surface area contributed by atoms with Crippen LogP contribution in [0, 0.1) is 0 Å². The Kier molecular flexibility index (Phi) is 9.13. The lowest BCUT2D eigenvalue weighted by molar-refractivity contribution is -0.169. The van der Waals surface area contributed by atoms with Crippen molar-refractivity contribution in [2.24, 2.45) is 0 Å². The van der Waals surface area contributed by atoms with Gasteiger partial charge in [-0.15, -0.1) is 0 Å². The van der Waals surface area contributed by atoms with E-state index in [1.54, 1.807) is 6.07 Å². The van der Waals surface area contributed by atoms with E-state index in [1.807, 2.05) is 42.5 Å². The van der Waals surface area contributed by atoms with Crippen LogP contribution < -0.4 is 14.2 Å². The highest BCUT2D eigenvalue weighted by Crippen LogP contribution is 2.41. The second kappa shape index (κ2) is 12.9. The fourth-order valence-electron chi connectivity index (χ4n) is 4.05. The van der Waals surface area contributed by atoms with Gasteiger partial charge in [0.1, 0.15) is 23.7 Å². The van der Waals surface area contributed by atoms with Crippen molar-refractivity contribution in [3.8, 4) is 23.0 Å². The first-order chi connectivity index (χ1) is 18.1. The van der Waals surface area contributed by atoms with E-state index in [0.717, 1.165) is 24.8 Å². The van der Waals surface area contributed by atoms with Crippen LogP contribution in [0.1, 0.15) is 51.1 Å². The minimum Gasteiger partial charge on any atom is -0.495 e. The number of carbonyl (C=O) groups excluding carboxylic acids is 2. The molecule has 0 spiro atoms. The molecule has 1 saturated heterocycles. The minimum atomic E-state index is -0.702. The first kappa shape index (κ1) is 26.2. The number of carbonyl (C=O) groups is 2. The molecule has 1 atom stereocenters. The normalized spacial score (nSPS) is 15.0. The van der Waals surface area contributed by atoms with Crippen LogP contribution in [0.3, 0.4) is 0 Å². The molecule has 0 aliphatic carbocycles. The Hall–Kier alpha value is -3.88. The van der Waals surface area contributed by atoms with E-state index >= 15 is 0 Å². The average molecular weight is 507 g/mol. The summed E-state index contributed by atoms with van der Waals surface area (Å²) < 4.78 is 34.5. The molecule has 1 aliphatic rings. The Morgan fingerprint density at radius 2 is 1.78 bits per heavy atom. The summed E-state index contributed by atoms with van der Waals surface area (Å²) in [6, 6.07) is 18.3. The molecule has 0 amide bonds. The lowest BCUT2D eigenvalue weighted by Crippen LogP contribution is -2.22. The van der Waals surface area contributed by atoms with Crippen LogP contribution in [0.4, 0.5) is 0 Å². The quantitative estimate of drug-likeness (QED) is 0.241. The number of aldehydes is 1. The van der Waals surface area contributed by atoms with E-state index < -0.39 is 5.97 Å². The van der Waals surface area contributed by atoms with Crippen molar-refractivity contribution in [2.45, 2.75) is 38.8 Å². The van der Waals surface area contributed by atoms with Gasteiger partial charge >= 0.3 is 5.97 Å². The van der Waals surface area contributed by atoms with Crippen molar-refractivity contribution < 1.29 is 38.0 Å². The second-order valence-electron chi connectivity index (χ2n) is 8.40. The van der Waals surface area contributed by atoms with E-state index in [9.17, 15) is 9.59 Å². The van der Waals surface area contributed by atoms with Crippen LogP contribution in [-0.4, -0.2) is 39.4 Å². The van der Waals surface area contributed by atoms with Crippen molar-refractivity contribution >= 4 is 12.3 Å². The van der Waals surface area contributed by atoms with Gasteiger partial charge in [0.25, 0.3) is 0 Å². The molecule has 3 aromatic carbocycles. The third-order valence-electron chi connectivity index (χ3n) is 5.94. The average Bonchev–Trinajstić information content (AvgIpc) is 2.96.